The van der Waals surface area contributed by atoms with E-state index >= 15 is 0 Å². The van der Waals surface area contributed by atoms with Crippen LogP contribution in [0.1, 0.15) is 34.1 Å². The summed E-state index contributed by atoms with van der Waals surface area (Å²) in [5, 5.41) is 18.6. The number of Topliss-reactive ketones (excluding diaryl/α,β-unsaturated/α-hetero) is 1. The van der Waals surface area contributed by atoms with Gasteiger partial charge in [-0.05, 0) is 0 Å². The molecule has 0 aliphatic rings. The molecule has 0 atom stereocenters. The zero-order valence-electron chi connectivity index (χ0n) is 9.37. The van der Waals surface area contributed by atoms with E-state index in [9.17, 15) is 4.79 Å². The normalized spacial score (nSPS) is 9.31. The van der Waals surface area contributed by atoms with Crippen molar-refractivity contribution in [2.75, 3.05) is 19.0 Å². The van der Waals surface area contributed by atoms with Crippen LogP contribution in [0.15, 0.2) is 0 Å². The molecule has 0 saturated heterocycles. The van der Waals surface area contributed by atoms with Crippen molar-refractivity contribution >= 4 is 22.1 Å². The summed E-state index contributed by atoms with van der Waals surface area (Å²) < 4.78 is 0. The van der Waals surface area contributed by atoms with Crippen LogP contribution >= 0.6 is 11.3 Å². The van der Waals surface area contributed by atoms with E-state index in [2.05, 4.69) is 0 Å². The first-order valence-electron chi connectivity index (χ1n) is 4.74. The van der Waals surface area contributed by atoms with Crippen molar-refractivity contribution in [1.82, 2.24) is 0 Å². The lowest BCUT2D eigenvalue weighted by molar-refractivity contribution is 0.0989. The summed E-state index contributed by atoms with van der Waals surface area (Å²) in [5.41, 5.74) is 0.597. The summed E-state index contributed by atoms with van der Waals surface area (Å²) in [6, 6.07) is 3.90. The van der Waals surface area contributed by atoms with Gasteiger partial charge in [-0.15, -0.1) is 11.3 Å². The molecule has 0 fully saturated rings. The number of nitrogens with zero attached hydrogens (tertiary/aromatic N) is 3. The quantitative estimate of drug-likeness (QED) is 0.750. The van der Waals surface area contributed by atoms with E-state index in [1.54, 1.807) is 25.9 Å². The Morgan fingerprint density at radius 3 is 2.38 bits per heavy atom. The Morgan fingerprint density at radius 2 is 2.00 bits per heavy atom. The molecule has 5 heteroatoms. The van der Waals surface area contributed by atoms with Gasteiger partial charge in [-0.2, -0.15) is 10.5 Å². The lowest BCUT2D eigenvalue weighted by Gasteiger charge is -2.11. The molecule has 0 N–H and O–H groups in total. The van der Waals surface area contributed by atoms with Gasteiger partial charge in [0.1, 0.15) is 22.0 Å². The summed E-state index contributed by atoms with van der Waals surface area (Å²) in [7, 11) is 3.58. The summed E-state index contributed by atoms with van der Waals surface area (Å²) in [6.07, 6.45) is 0.330. The van der Waals surface area contributed by atoms with E-state index in [-0.39, 0.29) is 11.3 Å². The van der Waals surface area contributed by atoms with Gasteiger partial charge in [-0.3, -0.25) is 4.79 Å². The molecule has 0 aliphatic carbocycles. The van der Waals surface area contributed by atoms with E-state index in [1.165, 1.54) is 11.3 Å². The average Bonchev–Trinajstić information content (AvgIpc) is 2.66. The zero-order valence-corrected chi connectivity index (χ0v) is 10.2. The largest absolute Gasteiger partial charge is 0.369 e. The summed E-state index contributed by atoms with van der Waals surface area (Å²) in [5.74, 6) is -0.0991. The monoisotopic (exact) mass is 233 g/mol. The fourth-order valence-corrected chi connectivity index (χ4v) is 2.34. The molecule has 0 saturated carbocycles. The van der Waals surface area contributed by atoms with Gasteiger partial charge in [0.2, 0.25) is 0 Å². The molecular formula is C11H11N3OS. The number of ketones is 1. The van der Waals surface area contributed by atoms with Gasteiger partial charge in [-0.25, -0.2) is 0 Å². The molecule has 0 spiro atoms. The highest BCUT2D eigenvalue weighted by atomic mass is 32.1. The number of carbonyl (C=O) groups excluding carboxylic acids is 1. The molecule has 16 heavy (non-hydrogen) atoms. The second-order valence-electron chi connectivity index (χ2n) is 3.38. The molecule has 1 aromatic rings. The Morgan fingerprint density at radius 1 is 1.38 bits per heavy atom. The molecule has 82 valence electrons. The molecule has 0 radical (unpaired) electrons. The van der Waals surface area contributed by atoms with E-state index < -0.39 is 0 Å². The summed E-state index contributed by atoms with van der Waals surface area (Å²) in [6.45, 7) is 1.74. The molecule has 0 aliphatic heterocycles. The van der Waals surface area contributed by atoms with Crippen molar-refractivity contribution in [2.24, 2.45) is 0 Å². The third-order valence-corrected chi connectivity index (χ3v) is 3.37. The van der Waals surface area contributed by atoms with Gasteiger partial charge >= 0.3 is 0 Å². The van der Waals surface area contributed by atoms with E-state index in [1.807, 2.05) is 12.1 Å². The highest BCUT2D eigenvalue weighted by Crippen LogP contribution is 2.35. The van der Waals surface area contributed by atoms with Gasteiger partial charge < -0.3 is 4.90 Å². The number of carbonyl (C=O) groups is 1. The van der Waals surface area contributed by atoms with Crippen molar-refractivity contribution in [1.29, 1.82) is 10.5 Å². The fourth-order valence-electron chi connectivity index (χ4n) is 1.35. The molecule has 0 unspecified atom stereocenters. The van der Waals surface area contributed by atoms with Gasteiger partial charge in [-0.1, -0.05) is 6.92 Å². The minimum Gasteiger partial charge on any atom is -0.369 e. The Kier molecular flexibility index (Phi) is 3.65. The van der Waals surface area contributed by atoms with Crippen molar-refractivity contribution in [3.63, 3.8) is 0 Å². The second kappa shape index (κ2) is 4.78. The molecule has 0 aromatic carbocycles. The number of hydrogen-bond donors (Lipinski definition) is 0. The number of nitriles is 2. The number of thiophene rings is 1. The Bertz CT molecular complexity index is 503. The van der Waals surface area contributed by atoms with Gasteiger partial charge in [0.15, 0.2) is 5.78 Å². The summed E-state index contributed by atoms with van der Waals surface area (Å²) in [4.78, 5) is 13.8. The molecule has 1 heterocycles. The smallest absolute Gasteiger partial charge is 0.166 e. The maximum Gasteiger partial charge on any atom is 0.166 e. The fraction of sp³-hybridized carbons (Fsp3) is 0.364. The minimum atomic E-state index is -0.0991. The predicted molar refractivity (Wildman–Crippen MR) is 62.7 cm³/mol. The number of rotatable bonds is 3. The van der Waals surface area contributed by atoms with Crippen molar-refractivity contribution in [3.05, 3.63) is 16.0 Å². The van der Waals surface area contributed by atoms with Crippen molar-refractivity contribution in [3.8, 4) is 12.1 Å². The molecule has 0 bridgehead atoms. The number of hydrogen-bond acceptors (Lipinski definition) is 5. The van der Waals surface area contributed by atoms with Crippen LogP contribution in [0.5, 0.6) is 0 Å². The second-order valence-corrected chi connectivity index (χ2v) is 4.38. The first-order chi connectivity index (χ1) is 7.56. The standard InChI is InChI=1S/C11H11N3OS/c1-4-8(15)10-7(5-12)9(6-13)16-11(10)14(2)3/h4H2,1-3H3. The number of anilines is 1. The summed E-state index contributed by atoms with van der Waals surface area (Å²) >= 11 is 1.18. The topological polar surface area (TPSA) is 67.9 Å². The molecule has 1 aromatic heterocycles. The van der Waals surface area contributed by atoms with Gasteiger partial charge in [0.05, 0.1) is 11.1 Å². The zero-order chi connectivity index (χ0) is 12.3. The SMILES string of the molecule is CCC(=O)c1c(N(C)C)sc(C#N)c1C#N. The van der Waals surface area contributed by atoms with Crippen molar-refractivity contribution < 1.29 is 4.79 Å². The van der Waals surface area contributed by atoms with Crippen LogP contribution in [0.25, 0.3) is 0 Å². The van der Waals surface area contributed by atoms with E-state index in [4.69, 9.17) is 10.5 Å². The lowest BCUT2D eigenvalue weighted by Crippen LogP contribution is -2.11. The predicted octanol–water partition coefficient (Wildman–Crippen LogP) is 2.15. The van der Waals surface area contributed by atoms with E-state index in [0.717, 1.165) is 0 Å². The highest BCUT2D eigenvalue weighted by molar-refractivity contribution is 7.17. The molecule has 0 amide bonds. The third-order valence-electron chi connectivity index (χ3n) is 2.11. The molecule has 4 nitrogen and oxygen atoms in total. The molecular weight excluding hydrogens is 222 g/mol. The lowest BCUT2D eigenvalue weighted by atomic mass is 10.1. The van der Waals surface area contributed by atoms with Gasteiger partial charge in [0, 0.05) is 20.5 Å². The van der Waals surface area contributed by atoms with Crippen LogP contribution in [0.3, 0.4) is 0 Å². The van der Waals surface area contributed by atoms with Crippen LogP contribution in [-0.2, 0) is 0 Å². The van der Waals surface area contributed by atoms with Crippen molar-refractivity contribution in [2.45, 2.75) is 13.3 Å². The average molecular weight is 233 g/mol. The molecule has 1 rings (SSSR count). The van der Waals surface area contributed by atoms with Crippen LogP contribution in [-0.4, -0.2) is 19.9 Å². The van der Waals surface area contributed by atoms with Crippen LogP contribution in [0, 0.1) is 22.7 Å². The first kappa shape index (κ1) is 12.2. The van der Waals surface area contributed by atoms with Crippen LogP contribution in [0.2, 0.25) is 0 Å². The third kappa shape index (κ3) is 1.91. The van der Waals surface area contributed by atoms with Crippen LogP contribution < -0.4 is 4.90 Å². The Hall–Kier alpha value is -1.85. The van der Waals surface area contributed by atoms with Gasteiger partial charge in [0.25, 0.3) is 0 Å². The maximum absolute atomic E-state index is 11.8. The van der Waals surface area contributed by atoms with Crippen LogP contribution in [0.4, 0.5) is 5.00 Å². The Balaban J connectivity index is 3.54. The maximum atomic E-state index is 11.8. The highest BCUT2D eigenvalue weighted by Gasteiger charge is 2.23. The Labute approximate surface area is 98.3 Å². The first-order valence-corrected chi connectivity index (χ1v) is 5.55. The van der Waals surface area contributed by atoms with E-state index in [0.29, 0.717) is 21.9 Å². The minimum absolute atomic E-state index is 0.0991.